The standard InChI is InChI=1S/C22H26F3N3O2S/c23-22(24,25)17-3-1-2-15-16-10-12(4-9-18(16)28-20(15)17)21(30)26-11-19(31)27-13-5-7-14(29)8-6-13/h1-3,12-14,28-29H,4-11H2,(H,26,30)(H,27,31). The molecule has 4 N–H and O–H groups in total. The van der Waals surface area contributed by atoms with E-state index < -0.39 is 11.7 Å². The lowest BCUT2D eigenvalue weighted by Gasteiger charge is -2.27. The average molecular weight is 454 g/mol. The van der Waals surface area contributed by atoms with Crippen molar-refractivity contribution < 1.29 is 23.1 Å². The Hall–Kier alpha value is -2.13. The van der Waals surface area contributed by atoms with Crippen LogP contribution in [0.4, 0.5) is 13.2 Å². The molecule has 1 amide bonds. The van der Waals surface area contributed by atoms with E-state index in [9.17, 15) is 23.1 Å². The first kappa shape index (κ1) is 22.1. The van der Waals surface area contributed by atoms with Crippen molar-refractivity contribution in [1.29, 1.82) is 0 Å². The number of aliphatic hydroxyl groups is 1. The second kappa shape index (κ2) is 8.78. The molecule has 9 heteroatoms. The maximum atomic E-state index is 13.3. The highest BCUT2D eigenvalue weighted by atomic mass is 32.1. The molecule has 1 atom stereocenters. The van der Waals surface area contributed by atoms with Gasteiger partial charge in [0.1, 0.15) is 0 Å². The Bertz CT molecular complexity index is 980. The quantitative estimate of drug-likeness (QED) is 0.534. The summed E-state index contributed by atoms with van der Waals surface area (Å²) in [7, 11) is 0. The monoisotopic (exact) mass is 453 g/mol. The number of aromatic amines is 1. The van der Waals surface area contributed by atoms with Gasteiger partial charge in [-0.2, -0.15) is 13.2 Å². The molecule has 2 aliphatic carbocycles. The third kappa shape index (κ3) is 4.87. The van der Waals surface area contributed by atoms with Crippen LogP contribution in [0.15, 0.2) is 18.2 Å². The van der Waals surface area contributed by atoms with Crippen LogP contribution in [0.25, 0.3) is 10.9 Å². The fourth-order valence-electron chi connectivity index (χ4n) is 4.71. The Balaban J connectivity index is 1.37. The van der Waals surface area contributed by atoms with Crippen LogP contribution < -0.4 is 10.6 Å². The molecular formula is C22H26F3N3O2S. The molecule has 1 aromatic carbocycles. The molecule has 0 bridgehead atoms. The van der Waals surface area contributed by atoms with Crippen LogP contribution in [0, 0.1) is 5.92 Å². The van der Waals surface area contributed by atoms with Gasteiger partial charge in [-0.3, -0.25) is 4.79 Å². The molecule has 2 aliphatic rings. The van der Waals surface area contributed by atoms with Gasteiger partial charge in [0.05, 0.1) is 28.7 Å². The summed E-state index contributed by atoms with van der Waals surface area (Å²) in [5, 5.41) is 16.2. The normalized spacial score (nSPS) is 23.9. The van der Waals surface area contributed by atoms with Crippen molar-refractivity contribution in [2.45, 2.75) is 63.3 Å². The third-order valence-electron chi connectivity index (χ3n) is 6.38. The Kier molecular flexibility index (Phi) is 6.25. The summed E-state index contributed by atoms with van der Waals surface area (Å²) in [5.74, 6) is -0.427. The van der Waals surface area contributed by atoms with Crippen LogP contribution >= 0.6 is 12.2 Å². The molecule has 0 saturated heterocycles. The Morgan fingerprint density at radius 1 is 1.19 bits per heavy atom. The molecular weight excluding hydrogens is 427 g/mol. The number of nitrogens with one attached hydrogen (secondary N) is 3. The van der Waals surface area contributed by atoms with E-state index in [0.29, 0.717) is 29.6 Å². The first-order valence-electron chi connectivity index (χ1n) is 10.7. The molecule has 31 heavy (non-hydrogen) atoms. The molecule has 2 aromatic rings. The molecule has 0 aliphatic heterocycles. The number of rotatable bonds is 4. The zero-order valence-electron chi connectivity index (χ0n) is 17.0. The maximum absolute atomic E-state index is 13.3. The fraction of sp³-hybridized carbons (Fsp3) is 0.545. The first-order chi connectivity index (χ1) is 14.7. The number of aliphatic hydroxyl groups excluding tert-OH is 1. The number of hydrogen-bond acceptors (Lipinski definition) is 3. The first-order valence-corrected chi connectivity index (χ1v) is 11.1. The zero-order valence-corrected chi connectivity index (χ0v) is 17.8. The van der Waals surface area contributed by atoms with Gasteiger partial charge in [0.2, 0.25) is 5.91 Å². The Labute approximate surface area is 183 Å². The number of hydrogen-bond donors (Lipinski definition) is 4. The molecule has 168 valence electrons. The number of thiocarbonyl (C=S) groups is 1. The van der Waals surface area contributed by atoms with E-state index in [0.717, 1.165) is 43.0 Å². The van der Waals surface area contributed by atoms with Crippen molar-refractivity contribution in [3.8, 4) is 0 Å². The van der Waals surface area contributed by atoms with E-state index in [4.69, 9.17) is 12.2 Å². The SMILES string of the molecule is O=C(NCC(=S)NC1CCC(O)CC1)C1CCc2[nH]c3c(C(F)(F)F)cccc3c2C1. The minimum atomic E-state index is -4.43. The average Bonchev–Trinajstić information content (AvgIpc) is 3.10. The summed E-state index contributed by atoms with van der Waals surface area (Å²) < 4.78 is 40.0. The van der Waals surface area contributed by atoms with Crippen molar-refractivity contribution in [2.24, 2.45) is 5.92 Å². The largest absolute Gasteiger partial charge is 0.418 e. The lowest BCUT2D eigenvalue weighted by molar-refractivity contribution is -0.136. The smallest absolute Gasteiger partial charge is 0.393 e. The van der Waals surface area contributed by atoms with Gasteiger partial charge in [-0.1, -0.05) is 24.4 Å². The third-order valence-corrected chi connectivity index (χ3v) is 6.65. The molecule has 0 spiro atoms. The molecule has 1 heterocycles. The summed E-state index contributed by atoms with van der Waals surface area (Å²) in [5.41, 5.74) is 1.01. The summed E-state index contributed by atoms with van der Waals surface area (Å²) in [6.07, 6.45) is 0.0449. The van der Waals surface area contributed by atoms with Gasteiger partial charge < -0.3 is 20.7 Å². The summed E-state index contributed by atoms with van der Waals surface area (Å²) in [6.45, 7) is 0.239. The van der Waals surface area contributed by atoms with Crippen molar-refractivity contribution in [1.82, 2.24) is 15.6 Å². The second-order valence-electron chi connectivity index (χ2n) is 8.54. The minimum absolute atomic E-state index is 0.101. The highest BCUT2D eigenvalue weighted by molar-refractivity contribution is 7.80. The van der Waals surface area contributed by atoms with Gasteiger partial charge in [-0.05, 0) is 56.6 Å². The van der Waals surface area contributed by atoms with Crippen molar-refractivity contribution >= 4 is 34.0 Å². The van der Waals surface area contributed by atoms with Crippen LogP contribution in [0.2, 0.25) is 0 Å². The number of fused-ring (bicyclic) bond motifs is 3. The van der Waals surface area contributed by atoms with Gasteiger partial charge in [0.25, 0.3) is 0 Å². The van der Waals surface area contributed by atoms with E-state index in [1.165, 1.54) is 6.07 Å². The number of carbonyl (C=O) groups excluding carboxylic acids is 1. The van der Waals surface area contributed by atoms with Gasteiger partial charge in [0, 0.05) is 23.0 Å². The molecule has 1 unspecified atom stereocenters. The number of carbonyl (C=O) groups is 1. The number of benzene rings is 1. The van der Waals surface area contributed by atoms with Crippen LogP contribution in [0.1, 0.15) is 48.9 Å². The van der Waals surface area contributed by atoms with Crippen LogP contribution in [0.5, 0.6) is 0 Å². The Morgan fingerprint density at radius 3 is 2.65 bits per heavy atom. The molecule has 5 nitrogen and oxygen atoms in total. The predicted octanol–water partition coefficient (Wildman–Crippen LogP) is 3.63. The molecule has 4 rings (SSSR count). The van der Waals surface area contributed by atoms with E-state index >= 15 is 0 Å². The Morgan fingerprint density at radius 2 is 1.94 bits per heavy atom. The highest BCUT2D eigenvalue weighted by Gasteiger charge is 2.35. The van der Waals surface area contributed by atoms with Crippen LogP contribution in [-0.2, 0) is 23.8 Å². The van der Waals surface area contributed by atoms with Crippen LogP contribution in [0.3, 0.4) is 0 Å². The number of amides is 1. The second-order valence-corrected chi connectivity index (χ2v) is 9.03. The molecule has 1 saturated carbocycles. The number of H-pyrrole nitrogens is 1. The van der Waals surface area contributed by atoms with Crippen molar-refractivity contribution in [3.63, 3.8) is 0 Å². The number of aryl methyl sites for hydroxylation is 1. The van der Waals surface area contributed by atoms with Crippen molar-refractivity contribution in [2.75, 3.05) is 6.54 Å². The van der Waals surface area contributed by atoms with E-state index in [1.807, 2.05) is 0 Å². The summed E-state index contributed by atoms with van der Waals surface area (Å²) in [6, 6.07) is 4.40. The minimum Gasteiger partial charge on any atom is -0.393 e. The summed E-state index contributed by atoms with van der Waals surface area (Å²) >= 11 is 5.35. The molecule has 1 aromatic heterocycles. The molecule has 1 fully saturated rings. The van der Waals surface area contributed by atoms with E-state index in [2.05, 4.69) is 15.6 Å². The van der Waals surface area contributed by atoms with E-state index in [1.54, 1.807) is 6.07 Å². The fourth-order valence-corrected chi connectivity index (χ4v) is 4.95. The lowest BCUT2D eigenvalue weighted by atomic mass is 9.85. The topological polar surface area (TPSA) is 77.2 Å². The highest BCUT2D eigenvalue weighted by Crippen LogP contribution is 2.38. The van der Waals surface area contributed by atoms with Gasteiger partial charge in [-0.15, -0.1) is 0 Å². The lowest BCUT2D eigenvalue weighted by Crippen LogP contribution is -2.44. The molecule has 0 radical (unpaired) electrons. The number of alkyl halides is 3. The number of para-hydroxylation sites is 1. The van der Waals surface area contributed by atoms with Gasteiger partial charge >= 0.3 is 6.18 Å². The maximum Gasteiger partial charge on any atom is 0.418 e. The summed E-state index contributed by atoms with van der Waals surface area (Å²) in [4.78, 5) is 16.2. The van der Waals surface area contributed by atoms with Gasteiger partial charge in [0.15, 0.2) is 0 Å². The van der Waals surface area contributed by atoms with Crippen molar-refractivity contribution in [3.05, 3.63) is 35.0 Å². The predicted molar refractivity (Wildman–Crippen MR) is 116 cm³/mol. The van der Waals surface area contributed by atoms with Crippen LogP contribution in [-0.4, -0.2) is 39.7 Å². The number of halogens is 3. The van der Waals surface area contributed by atoms with E-state index in [-0.39, 0.29) is 36.0 Å². The zero-order chi connectivity index (χ0) is 22.2. The number of aromatic nitrogens is 1. The van der Waals surface area contributed by atoms with Gasteiger partial charge in [-0.25, -0.2) is 0 Å².